The fourth-order valence-electron chi connectivity index (χ4n) is 2.51. The molecule has 0 bridgehead atoms. The summed E-state index contributed by atoms with van der Waals surface area (Å²) in [6.07, 6.45) is 3.63. The van der Waals surface area contributed by atoms with E-state index in [2.05, 4.69) is 38.7 Å². The van der Waals surface area contributed by atoms with Crippen LogP contribution in [0.2, 0.25) is 0 Å². The molecule has 112 valence electrons. The Bertz CT molecular complexity index is 762. The molecule has 0 spiro atoms. The number of nitrogens with zero attached hydrogens (tertiary/aromatic N) is 4. The van der Waals surface area contributed by atoms with Crippen LogP contribution in [0, 0.1) is 6.92 Å². The van der Waals surface area contributed by atoms with Crippen molar-refractivity contribution < 1.29 is 0 Å². The summed E-state index contributed by atoms with van der Waals surface area (Å²) < 4.78 is 2.18. The summed E-state index contributed by atoms with van der Waals surface area (Å²) >= 11 is 0. The molecular weight excluding hydrogens is 274 g/mol. The van der Waals surface area contributed by atoms with Crippen molar-refractivity contribution >= 4 is 11.6 Å². The molecule has 2 heterocycles. The first kappa shape index (κ1) is 14.3. The minimum absolute atomic E-state index is 0.331. The third kappa shape index (κ3) is 2.83. The van der Waals surface area contributed by atoms with E-state index in [-0.39, 0.29) is 0 Å². The first-order chi connectivity index (χ1) is 10.6. The molecule has 0 fully saturated rings. The van der Waals surface area contributed by atoms with Crippen molar-refractivity contribution in [2.24, 2.45) is 0 Å². The van der Waals surface area contributed by atoms with Gasteiger partial charge in [0.25, 0.3) is 0 Å². The van der Waals surface area contributed by atoms with Crippen LogP contribution in [0.1, 0.15) is 25.7 Å². The molecule has 0 amide bonds. The summed E-state index contributed by atoms with van der Waals surface area (Å²) in [5.41, 5.74) is 2.84. The smallest absolute Gasteiger partial charge is 0.227 e. The topological polar surface area (TPSA) is 55.6 Å². The highest BCUT2D eigenvalue weighted by Gasteiger charge is 2.13. The number of imidazole rings is 1. The van der Waals surface area contributed by atoms with E-state index in [0.29, 0.717) is 12.0 Å². The van der Waals surface area contributed by atoms with Gasteiger partial charge in [-0.15, -0.1) is 0 Å². The van der Waals surface area contributed by atoms with Gasteiger partial charge in [-0.2, -0.15) is 0 Å². The van der Waals surface area contributed by atoms with E-state index in [9.17, 15) is 0 Å². The molecule has 0 atom stereocenters. The highest BCUT2D eigenvalue weighted by atomic mass is 15.1. The van der Waals surface area contributed by atoms with Gasteiger partial charge in [0.15, 0.2) is 0 Å². The largest absolute Gasteiger partial charge is 0.324 e. The average Bonchev–Trinajstić information content (AvgIpc) is 2.90. The number of aromatic nitrogens is 4. The summed E-state index contributed by atoms with van der Waals surface area (Å²) in [5.74, 6) is 1.57. The summed E-state index contributed by atoms with van der Waals surface area (Å²) in [4.78, 5) is 13.3. The molecule has 1 aromatic carbocycles. The maximum atomic E-state index is 4.61. The summed E-state index contributed by atoms with van der Waals surface area (Å²) in [7, 11) is 0. The van der Waals surface area contributed by atoms with Gasteiger partial charge in [-0.05, 0) is 39.0 Å². The Morgan fingerprint density at radius 3 is 2.55 bits per heavy atom. The molecule has 0 saturated carbocycles. The van der Waals surface area contributed by atoms with Crippen LogP contribution in [0.25, 0.3) is 11.4 Å². The van der Waals surface area contributed by atoms with E-state index >= 15 is 0 Å². The van der Waals surface area contributed by atoms with E-state index in [0.717, 1.165) is 22.9 Å². The maximum Gasteiger partial charge on any atom is 0.227 e. The number of hydrogen-bond donors (Lipinski definition) is 1. The number of hydrogen-bond acceptors (Lipinski definition) is 4. The molecule has 22 heavy (non-hydrogen) atoms. The standard InChI is InChI=1S/C17H19N5/c1-12(2)22-13(3)19-11-16(22)15-9-10-18-17(21-15)20-14-7-5-4-6-8-14/h4-12H,1-3H3,(H,18,20,21). The first-order valence-corrected chi connectivity index (χ1v) is 7.34. The van der Waals surface area contributed by atoms with Crippen molar-refractivity contribution in [3.05, 3.63) is 54.6 Å². The summed E-state index contributed by atoms with van der Waals surface area (Å²) in [6.45, 7) is 6.29. The lowest BCUT2D eigenvalue weighted by molar-refractivity contribution is 0.587. The Morgan fingerprint density at radius 1 is 1.05 bits per heavy atom. The normalized spacial score (nSPS) is 10.9. The van der Waals surface area contributed by atoms with Gasteiger partial charge in [-0.1, -0.05) is 18.2 Å². The van der Waals surface area contributed by atoms with Gasteiger partial charge in [0.2, 0.25) is 5.95 Å². The highest BCUT2D eigenvalue weighted by Crippen LogP contribution is 2.24. The molecule has 0 unspecified atom stereocenters. The zero-order chi connectivity index (χ0) is 15.5. The number of para-hydroxylation sites is 1. The summed E-state index contributed by atoms with van der Waals surface area (Å²) in [5, 5.41) is 3.22. The Kier molecular flexibility index (Phi) is 3.87. The number of nitrogens with one attached hydrogen (secondary N) is 1. The summed E-state index contributed by atoms with van der Waals surface area (Å²) in [6, 6.07) is 12.1. The van der Waals surface area contributed by atoms with Gasteiger partial charge < -0.3 is 9.88 Å². The minimum Gasteiger partial charge on any atom is -0.324 e. The Balaban J connectivity index is 1.95. The molecule has 5 nitrogen and oxygen atoms in total. The van der Waals surface area contributed by atoms with Gasteiger partial charge in [-0.3, -0.25) is 0 Å². The second-order valence-corrected chi connectivity index (χ2v) is 5.41. The fourth-order valence-corrected chi connectivity index (χ4v) is 2.51. The van der Waals surface area contributed by atoms with Crippen LogP contribution in [0.15, 0.2) is 48.8 Å². The van der Waals surface area contributed by atoms with Crippen molar-refractivity contribution in [1.29, 1.82) is 0 Å². The monoisotopic (exact) mass is 293 g/mol. The predicted molar refractivity (Wildman–Crippen MR) is 88.1 cm³/mol. The number of benzene rings is 1. The van der Waals surface area contributed by atoms with Gasteiger partial charge in [0.05, 0.1) is 17.6 Å². The molecule has 5 heteroatoms. The quantitative estimate of drug-likeness (QED) is 0.790. The average molecular weight is 293 g/mol. The second-order valence-electron chi connectivity index (χ2n) is 5.41. The number of aryl methyl sites for hydroxylation is 1. The number of rotatable bonds is 4. The predicted octanol–water partition coefficient (Wildman–Crippen LogP) is 3.97. The van der Waals surface area contributed by atoms with Crippen LogP contribution in [-0.4, -0.2) is 19.5 Å². The molecule has 0 saturated heterocycles. The minimum atomic E-state index is 0.331. The van der Waals surface area contributed by atoms with E-state index in [1.54, 1.807) is 6.20 Å². The Labute approximate surface area is 130 Å². The molecule has 0 aliphatic carbocycles. The van der Waals surface area contributed by atoms with E-state index in [4.69, 9.17) is 0 Å². The van der Waals surface area contributed by atoms with Crippen LogP contribution in [-0.2, 0) is 0 Å². The third-order valence-corrected chi connectivity index (χ3v) is 3.45. The van der Waals surface area contributed by atoms with Crippen molar-refractivity contribution in [1.82, 2.24) is 19.5 Å². The Hall–Kier alpha value is -2.69. The van der Waals surface area contributed by atoms with Crippen LogP contribution in [0.3, 0.4) is 0 Å². The molecule has 3 aromatic rings. The van der Waals surface area contributed by atoms with Crippen molar-refractivity contribution in [2.45, 2.75) is 26.8 Å². The lowest BCUT2D eigenvalue weighted by Gasteiger charge is -2.14. The van der Waals surface area contributed by atoms with Gasteiger partial charge in [0.1, 0.15) is 5.82 Å². The van der Waals surface area contributed by atoms with E-state index in [1.807, 2.05) is 49.5 Å². The fraction of sp³-hybridized carbons (Fsp3) is 0.235. The zero-order valence-corrected chi connectivity index (χ0v) is 13.0. The number of anilines is 2. The van der Waals surface area contributed by atoms with Crippen LogP contribution in [0.5, 0.6) is 0 Å². The molecular formula is C17H19N5. The molecule has 0 radical (unpaired) electrons. The first-order valence-electron chi connectivity index (χ1n) is 7.34. The van der Waals surface area contributed by atoms with Crippen molar-refractivity contribution in [2.75, 3.05) is 5.32 Å². The SMILES string of the molecule is Cc1ncc(-c2ccnc(Nc3ccccc3)n2)n1C(C)C. The van der Waals surface area contributed by atoms with Crippen LogP contribution in [0.4, 0.5) is 11.6 Å². The van der Waals surface area contributed by atoms with Crippen LogP contribution < -0.4 is 5.32 Å². The highest BCUT2D eigenvalue weighted by molar-refractivity contribution is 5.59. The van der Waals surface area contributed by atoms with E-state index < -0.39 is 0 Å². The second kappa shape index (κ2) is 5.97. The molecule has 0 aliphatic heterocycles. The van der Waals surface area contributed by atoms with Crippen molar-refractivity contribution in [3.63, 3.8) is 0 Å². The molecule has 0 aliphatic rings. The Morgan fingerprint density at radius 2 is 1.82 bits per heavy atom. The zero-order valence-electron chi connectivity index (χ0n) is 13.0. The van der Waals surface area contributed by atoms with Crippen LogP contribution >= 0.6 is 0 Å². The maximum absolute atomic E-state index is 4.61. The lowest BCUT2D eigenvalue weighted by Crippen LogP contribution is -2.06. The molecule has 3 rings (SSSR count). The van der Waals surface area contributed by atoms with Crippen molar-refractivity contribution in [3.8, 4) is 11.4 Å². The van der Waals surface area contributed by atoms with Gasteiger partial charge in [0, 0.05) is 17.9 Å². The third-order valence-electron chi connectivity index (χ3n) is 3.45. The molecule has 2 aromatic heterocycles. The molecule has 1 N–H and O–H groups in total. The van der Waals surface area contributed by atoms with Gasteiger partial charge in [-0.25, -0.2) is 15.0 Å². The lowest BCUT2D eigenvalue weighted by atomic mass is 10.2. The van der Waals surface area contributed by atoms with E-state index in [1.165, 1.54) is 0 Å². The van der Waals surface area contributed by atoms with Gasteiger partial charge >= 0.3 is 0 Å².